The molecular formula is C26H30N4O4. The average Bonchev–Trinajstić information content (AvgIpc) is 2.87. The number of carbonyl (C=O) groups is 2. The molecule has 0 radical (unpaired) electrons. The number of para-hydroxylation sites is 1. The molecule has 0 bridgehead atoms. The van der Waals surface area contributed by atoms with Crippen LogP contribution in [0.3, 0.4) is 0 Å². The van der Waals surface area contributed by atoms with Crippen LogP contribution in [-0.4, -0.2) is 52.6 Å². The van der Waals surface area contributed by atoms with Gasteiger partial charge in [-0.2, -0.15) is 0 Å². The lowest BCUT2D eigenvalue weighted by Gasteiger charge is -2.37. The zero-order valence-electron chi connectivity index (χ0n) is 19.5. The normalized spacial score (nSPS) is 18.4. The fourth-order valence-corrected chi connectivity index (χ4v) is 4.46. The minimum absolute atomic E-state index is 0.256. The van der Waals surface area contributed by atoms with Crippen LogP contribution in [0.2, 0.25) is 0 Å². The number of aryl methyl sites for hydroxylation is 1. The van der Waals surface area contributed by atoms with Gasteiger partial charge in [-0.15, -0.1) is 0 Å². The van der Waals surface area contributed by atoms with Crippen LogP contribution >= 0.6 is 0 Å². The average molecular weight is 463 g/mol. The summed E-state index contributed by atoms with van der Waals surface area (Å²) in [6.07, 6.45) is 0.637. The molecule has 1 aromatic heterocycles. The third kappa shape index (κ3) is 5.35. The van der Waals surface area contributed by atoms with Crippen LogP contribution in [-0.2, 0) is 11.4 Å². The molecule has 3 N–H and O–H groups in total. The molecule has 8 heteroatoms. The lowest BCUT2D eigenvalue weighted by molar-refractivity contribution is -0.136. The molecule has 178 valence electrons. The highest BCUT2D eigenvalue weighted by atomic mass is 16.5. The van der Waals surface area contributed by atoms with Gasteiger partial charge >= 0.3 is 0 Å². The minimum atomic E-state index is -0.510. The number of ether oxygens (including phenoxy) is 1. The zero-order valence-corrected chi connectivity index (χ0v) is 19.5. The van der Waals surface area contributed by atoms with Gasteiger partial charge in [0.2, 0.25) is 5.91 Å². The standard InChI is InChI=1S/C26H30N4O4/c1-3-30-13-12-24(22(15-30)26(32)29-33)28-25(31)18-8-10-20(11-9-18)34-16-19-14-17(2)27-23-7-5-4-6-21(19)23/h4-11,14,22,24,33H,3,12-13,15-16H2,1-2H3,(H,28,31)(H,29,32)/t22-,24+/m0/s1. The number of aromatic nitrogens is 1. The minimum Gasteiger partial charge on any atom is -0.489 e. The number of piperidine rings is 1. The second-order valence-corrected chi connectivity index (χ2v) is 8.60. The van der Waals surface area contributed by atoms with Crippen molar-refractivity contribution in [3.05, 3.63) is 71.4 Å². The number of benzene rings is 2. The predicted octanol–water partition coefficient (Wildman–Crippen LogP) is 3.07. The fraction of sp³-hybridized carbons (Fsp3) is 0.346. The van der Waals surface area contributed by atoms with Crippen molar-refractivity contribution in [2.75, 3.05) is 19.6 Å². The van der Waals surface area contributed by atoms with Crippen LogP contribution in [0.25, 0.3) is 10.9 Å². The Morgan fingerprint density at radius 3 is 2.68 bits per heavy atom. The maximum absolute atomic E-state index is 12.8. The van der Waals surface area contributed by atoms with Crippen molar-refractivity contribution < 1.29 is 19.5 Å². The summed E-state index contributed by atoms with van der Waals surface area (Å²) in [5.74, 6) is -0.591. The van der Waals surface area contributed by atoms with E-state index in [4.69, 9.17) is 9.94 Å². The van der Waals surface area contributed by atoms with Crippen molar-refractivity contribution in [2.24, 2.45) is 5.92 Å². The predicted molar refractivity (Wildman–Crippen MR) is 129 cm³/mol. The van der Waals surface area contributed by atoms with Crippen LogP contribution in [0.1, 0.15) is 35.0 Å². The van der Waals surface area contributed by atoms with Crippen molar-refractivity contribution in [1.82, 2.24) is 20.7 Å². The van der Waals surface area contributed by atoms with Gasteiger partial charge < -0.3 is 15.0 Å². The number of hydrogen-bond donors (Lipinski definition) is 3. The summed E-state index contributed by atoms with van der Waals surface area (Å²) in [5, 5.41) is 13.1. The van der Waals surface area contributed by atoms with Crippen LogP contribution in [0.15, 0.2) is 54.6 Å². The van der Waals surface area contributed by atoms with Crippen LogP contribution in [0.4, 0.5) is 0 Å². The summed E-state index contributed by atoms with van der Waals surface area (Å²) in [7, 11) is 0. The number of hydrogen-bond acceptors (Lipinski definition) is 6. The smallest absolute Gasteiger partial charge is 0.251 e. The van der Waals surface area contributed by atoms with Gasteiger partial charge in [0.15, 0.2) is 0 Å². The van der Waals surface area contributed by atoms with Crippen LogP contribution in [0.5, 0.6) is 5.75 Å². The zero-order chi connectivity index (χ0) is 24.1. The topological polar surface area (TPSA) is 104 Å². The maximum atomic E-state index is 12.8. The molecule has 2 atom stereocenters. The Kier molecular flexibility index (Phi) is 7.40. The number of nitrogens with zero attached hydrogens (tertiary/aromatic N) is 2. The number of carbonyl (C=O) groups excluding carboxylic acids is 2. The Labute approximate surface area is 198 Å². The van der Waals surface area contributed by atoms with Crippen molar-refractivity contribution >= 4 is 22.7 Å². The quantitative estimate of drug-likeness (QED) is 0.368. The summed E-state index contributed by atoms with van der Waals surface area (Å²) >= 11 is 0. The highest BCUT2D eigenvalue weighted by Gasteiger charge is 2.34. The number of likely N-dealkylation sites (tertiary alicyclic amines) is 1. The summed E-state index contributed by atoms with van der Waals surface area (Å²) in [6.45, 7) is 6.46. The van der Waals surface area contributed by atoms with E-state index >= 15 is 0 Å². The Morgan fingerprint density at radius 1 is 1.18 bits per heavy atom. The lowest BCUT2D eigenvalue weighted by atomic mass is 9.91. The molecule has 0 spiro atoms. The number of amides is 2. The Morgan fingerprint density at radius 2 is 1.94 bits per heavy atom. The van der Waals surface area contributed by atoms with E-state index in [1.165, 1.54) is 0 Å². The van der Waals surface area contributed by atoms with E-state index in [0.29, 0.717) is 30.9 Å². The first-order chi connectivity index (χ1) is 16.5. The third-order valence-electron chi connectivity index (χ3n) is 6.35. The van der Waals surface area contributed by atoms with E-state index in [9.17, 15) is 9.59 Å². The Bertz CT molecular complexity index is 1170. The summed E-state index contributed by atoms with van der Waals surface area (Å²) in [4.78, 5) is 31.6. The monoisotopic (exact) mass is 462 g/mol. The van der Waals surface area contributed by atoms with Gasteiger partial charge in [-0.1, -0.05) is 25.1 Å². The molecule has 1 aliphatic rings. The largest absolute Gasteiger partial charge is 0.489 e. The van der Waals surface area contributed by atoms with Gasteiger partial charge in [0.25, 0.3) is 5.91 Å². The molecular weight excluding hydrogens is 432 g/mol. The first-order valence-corrected chi connectivity index (χ1v) is 11.5. The summed E-state index contributed by atoms with van der Waals surface area (Å²) in [6, 6.07) is 16.6. The molecule has 0 saturated carbocycles. The van der Waals surface area contributed by atoms with E-state index < -0.39 is 11.8 Å². The highest BCUT2D eigenvalue weighted by molar-refractivity contribution is 5.95. The molecule has 1 saturated heterocycles. The molecule has 1 fully saturated rings. The number of rotatable bonds is 7. The van der Waals surface area contributed by atoms with Gasteiger partial charge in [-0.05, 0) is 56.3 Å². The van der Waals surface area contributed by atoms with Gasteiger partial charge in [0.1, 0.15) is 12.4 Å². The van der Waals surface area contributed by atoms with Crippen molar-refractivity contribution in [3.8, 4) is 5.75 Å². The Balaban J connectivity index is 1.40. The van der Waals surface area contributed by atoms with Gasteiger partial charge in [0.05, 0.1) is 11.4 Å². The summed E-state index contributed by atoms with van der Waals surface area (Å²) < 4.78 is 5.98. The molecule has 2 amide bonds. The van der Waals surface area contributed by atoms with Crippen molar-refractivity contribution in [1.29, 1.82) is 0 Å². The maximum Gasteiger partial charge on any atom is 0.251 e. The molecule has 2 heterocycles. The first-order valence-electron chi connectivity index (χ1n) is 11.5. The number of fused-ring (bicyclic) bond motifs is 1. The van der Waals surface area contributed by atoms with Crippen molar-refractivity contribution in [2.45, 2.75) is 32.9 Å². The molecule has 8 nitrogen and oxygen atoms in total. The fourth-order valence-electron chi connectivity index (χ4n) is 4.46. The van der Waals surface area contributed by atoms with Crippen LogP contribution < -0.4 is 15.5 Å². The van der Waals surface area contributed by atoms with Gasteiger partial charge in [-0.25, -0.2) is 5.48 Å². The molecule has 4 rings (SSSR count). The Hall–Kier alpha value is -3.49. The van der Waals surface area contributed by atoms with Gasteiger partial charge in [-0.3, -0.25) is 19.8 Å². The highest BCUT2D eigenvalue weighted by Crippen LogP contribution is 2.22. The lowest BCUT2D eigenvalue weighted by Crippen LogP contribution is -2.55. The second kappa shape index (κ2) is 10.6. The van der Waals surface area contributed by atoms with E-state index in [2.05, 4.69) is 15.2 Å². The van der Waals surface area contributed by atoms with E-state index in [-0.39, 0.29) is 11.9 Å². The third-order valence-corrected chi connectivity index (χ3v) is 6.35. The van der Waals surface area contributed by atoms with E-state index in [1.54, 1.807) is 29.7 Å². The molecule has 3 aromatic rings. The van der Waals surface area contributed by atoms with E-state index in [1.807, 2.05) is 44.2 Å². The SMILES string of the molecule is CCN1CC[C@@H](NC(=O)c2ccc(OCc3cc(C)nc4ccccc34)cc2)[C@@H](C(=O)NO)C1. The number of hydroxylamine groups is 1. The van der Waals surface area contributed by atoms with Crippen LogP contribution in [0, 0.1) is 12.8 Å². The van der Waals surface area contributed by atoms with Crippen molar-refractivity contribution in [3.63, 3.8) is 0 Å². The number of pyridine rings is 1. The molecule has 1 aliphatic heterocycles. The molecule has 34 heavy (non-hydrogen) atoms. The van der Waals surface area contributed by atoms with Gasteiger partial charge in [0, 0.05) is 41.3 Å². The van der Waals surface area contributed by atoms with E-state index in [0.717, 1.165) is 35.2 Å². The first kappa shape index (κ1) is 23.7. The summed E-state index contributed by atoms with van der Waals surface area (Å²) in [5.41, 5.74) is 5.14. The number of nitrogens with one attached hydrogen (secondary N) is 2. The second-order valence-electron chi connectivity index (χ2n) is 8.60. The molecule has 0 unspecified atom stereocenters. The molecule has 0 aliphatic carbocycles. The molecule has 2 aromatic carbocycles.